The molecule has 3 N–H and O–H groups in total. The van der Waals surface area contributed by atoms with Gasteiger partial charge in [0.05, 0.1) is 11.4 Å². The third-order valence-corrected chi connectivity index (χ3v) is 4.62. The lowest BCUT2D eigenvalue weighted by atomic mass is 10.2. The highest BCUT2D eigenvalue weighted by Crippen LogP contribution is 2.22. The zero-order chi connectivity index (χ0) is 19.2. The summed E-state index contributed by atoms with van der Waals surface area (Å²) in [6, 6.07) is 13.0. The molecule has 0 aliphatic heterocycles. The number of nitrogens with one attached hydrogen (secondary N) is 2. The maximum atomic E-state index is 12.2. The van der Waals surface area contributed by atoms with Gasteiger partial charge in [-0.05, 0) is 36.4 Å². The number of amides is 2. The van der Waals surface area contributed by atoms with Crippen LogP contribution in [-0.2, 0) is 11.8 Å². The van der Waals surface area contributed by atoms with Crippen molar-refractivity contribution >= 4 is 35.0 Å². The lowest BCUT2D eigenvalue weighted by molar-refractivity contribution is -0.113. The molecule has 2 amide bonds. The number of aromatic nitrogens is 3. The predicted molar refractivity (Wildman–Crippen MR) is 103 cm³/mol. The number of benzene rings is 2. The van der Waals surface area contributed by atoms with Crippen LogP contribution in [0.15, 0.2) is 60.0 Å². The van der Waals surface area contributed by atoms with Crippen LogP contribution < -0.4 is 10.6 Å². The molecule has 9 heteroatoms. The van der Waals surface area contributed by atoms with E-state index in [1.54, 1.807) is 60.4 Å². The SMILES string of the molecule is Cn1cnnc1SCC(=O)Nc1ccc(C(=O)Nc2ccccc2O)cc1. The average Bonchev–Trinajstić information content (AvgIpc) is 3.07. The predicted octanol–water partition coefficient (Wildman–Crippen LogP) is 2.50. The zero-order valence-corrected chi connectivity index (χ0v) is 15.2. The summed E-state index contributed by atoms with van der Waals surface area (Å²) in [7, 11) is 1.80. The van der Waals surface area contributed by atoms with E-state index < -0.39 is 0 Å². The number of aryl methyl sites for hydroxylation is 1. The minimum absolute atomic E-state index is 0.00449. The van der Waals surface area contributed by atoms with Crippen molar-refractivity contribution in [2.24, 2.45) is 7.05 Å². The minimum atomic E-state index is -0.354. The number of carbonyl (C=O) groups is 2. The Kier molecular flexibility index (Phi) is 5.72. The van der Waals surface area contributed by atoms with E-state index in [0.717, 1.165) is 0 Å². The monoisotopic (exact) mass is 383 g/mol. The Hall–Kier alpha value is -3.33. The first-order valence-electron chi connectivity index (χ1n) is 7.99. The van der Waals surface area contributed by atoms with E-state index in [4.69, 9.17) is 0 Å². The van der Waals surface area contributed by atoms with Crippen molar-refractivity contribution in [3.63, 3.8) is 0 Å². The fraction of sp³-hybridized carbons (Fsp3) is 0.111. The van der Waals surface area contributed by atoms with Gasteiger partial charge in [-0.1, -0.05) is 23.9 Å². The lowest BCUT2D eigenvalue weighted by Crippen LogP contribution is -2.15. The van der Waals surface area contributed by atoms with Gasteiger partial charge in [-0.15, -0.1) is 10.2 Å². The zero-order valence-electron chi connectivity index (χ0n) is 14.4. The Morgan fingerprint density at radius 2 is 1.85 bits per heavy atom. The van der Waals surface area contributed by atoms with E-state index in [1.165, 1.54) is 17.8 Å². The molecule has 0 fully saturated rings. The molecule has 0 spiro atoms. The van der Waals surface area contributed by atoms with Crippen molar-refractivity contribution in [3.05, 3.63) is 60.4 Å². The number of anilines is 2. The van der Waals surface area contributed by atoms with Crippen LogP contribution in [0.1, 0.15) is 10.4 Å². The van der Waals surface area contributed by atoms with E-state index in [9.17, 15) is 14.7 Å². The summed E-state index contributed by atoms with van der Waals surface area (Å²) in [6.07, 6.45) is 1.57. The van der Waals surface area contributed by atoms with Gasteiger partial charge in [-0.25, -0.2) is 0 Å². The van der Waals surface area contributed by atoms with Crippen molar-refractivity contribution in [1.29, 1.82) is 0 Å². The third-order valence-electron chi connectivity index (χ3n) is 3.59. The van der Waals surface area contributed by atoms with Gasteiger partial charge in [-0.2, -0.15) is 0 Å². The van der Waals surface area contributed by atoms with Crippen LogP contribution in [0.25, 0.3) is 0 Å². The van der Waals surface area contributed by atoms with Crippen LogP contribution >= 0.6 is 11.8 Å². The van der Waals surface area contributed by atoms with Crippen molar-refractivity contribution < 1.29 is 14.7 Å². The normalized spacial score (nSPS) is 10.4. The first-order valence-corrected chi connectivity index (χ1v) is 8.97. The topological polar surface area (TPSA) is 109 Å². The Morgan fingerprint density at radius 1 is 1.11 bits per heavy atom. The van der Waals surface area contributed by atoms with Crippen molar-refractivity contribution in [3.8, 4) is 5.75 Å². The Morgan fingerprint density at radius 3 is 2.52 bits per heavy atom. The molecule has 27 heavy (non-hydrogen) atoms. The molecule has 138 valence electrons. The second-order valence-corrected chi connectivity index (χ2v) is 6.55. The Labute approximate surface area is 159 Å². The van der Waals surface area contributed by atoms with Gasteiger partial charge in [0.15, 0.2) is 5.16 Å². The third kappa shape index (κ3) is 4.85. The molecule has 1 heterocycles. The van der Waals surface area contributed by atoms with Gasteiger partial charge in [0.1, 0.15) is 12.1 Å². The van der Waals surface area contributed by atoms with Gasteiger partial charge < -0.3 is 20.3 Å². The van der Waals surface area contributed by atoms with Crippen LogP contribution in [0, 0.1) is 0 Å². The van der Waals surface area contributed by atoms with Crippen LogP contribution in [0.2, 0.25) is 0 Å². The molecule has 0 saturated carbocycles. The fourth-order valence-corrected chi connectivity index (χ4v) is 2.90. The van der Waals surface area contributed by atoms with E-state index in [2.05, 4.69) is 20.8 Å². The number of phenols is 1. The molecule has 0 radical (unpaired) electrons. The summed E-state index contributed by atoms with van der Waals surface area (Å²) < 4.78 is 1.73. The average molecular weight is 383 g/mol. The molecular formula is C18H17N5O3S. The number of nitrogens with zero attached hydrogens (tertiary/aromatic N) is 3. The fourth-order valence-electron chi connectivity index (χ4n) is 2.21. The summed E-state index contributed by atoms with van der Waals surface area (Å²) in [4.78, 5) is 24.3. The summed E-state index contributed by atoms with van der Waals surface area (Å²) in [5.74, 6) is -0.348. The Balaban J connectivity index is 1.55. The molecule has 3 aromatic rings. The standard InChI is InChI=1S/C18H17N5O3S/c1-23-11-19-22-18(23)27-10-16(25)20-13-8-6-12(7-9-13)17(26)21-14-4-2-3-5-15(14)24/h2-9,11,24H,10H2,1H3,(H,20,25)(H,21,26). The molecule has 0 atom stereocenters. The van der Waals surface area contributed by atoms with Crippen LogP contribution in [0.4, 0.5) is 11.4 Å². The molecule has 0 unspecified atom stereocenters. The first-order chi connectivity index (χ1) is 13.0. The number of hydrogen-bond acceptors (Lipinski definition) is 6. The maximum absolute atomic E-state index is 12.2. The smallest absolute Gasteiger partial charge is 0.255 e. The van der Waals surface area contributed by atoms with E-state index in [1.807, 2.05) is 0 Å². The molecule has 1 aromatic heterocycles. The van der Waals surface area contributed by atoms with Crippen LogP contribution in [0.5, 0.6) is 5.75 Å². The summed E-state index contributed by atoms with van der Waals surface area (Å²) in [5.41, 5.74) is 1.32. The highest BCUT2D eigenvalue weighted by Gasteiger charge is 2.10. The van der Waals surface area contributed by atoms with E-state index in [0.29, 0.717) is 22.1 Å². The molecule has 0 aliphatic carbocycles. The maximum Gasteiger partial charge on any atom is 0.255 e. The second kappa shape index (κ2) is 8.37. The number of phenolic OH excluding ortho intramolecular Hbond substituents is 1. The number of carbonyl (C=O) groups excluding carboxylic acids is 2. The largest absolute Gasteiger partial charge is 0.506 e. The number of thioether (sulfide) groups is 1. The van der Waals surface area contributed by atoms with Gasteiger partial charge in [0.25, 0.3) is 5.91 Å². The van der Waals surface area contributed by atoms with Crippen molar-refractivity contribution in [2.45, 2.75) is 5.16 Å². The molecule has 3 rings (SSSR count). The van der Waals surface area contributed by atoms with Gasteiger partial charge in [0.2, 0.25) is 5.91 Å². The Bertz CT molecular complexity index is 956. The number of aromatic hydroxyl groups is 1. The molecule has 0 saturated heterocycles. The van der Waals surface area contributed by atoms with E-state index in [-0.39, 0.29) is 23.3 Å². The summed E-state index contributed by atoms with van der Waals surface area (Å²) in [6.45, 7) is 0. The van der Waals surface area contributed by atoms with Gasteiger partial charge >= 0.3 is 0 Å². The molecule has 2 aromatic carbocycles. The van der Waals surface area contributed by atoms with Gasteiger partial charge in [-0.3, -0.25) is 9.59 Å². The molecule has 8 nitrogen and oxygen atoms in total. The number of rotatable bonds is 6. The van der Waals surface area contributed by atoms with Gasteiger partial charge in [0, 0.05) is 18.3 Å². The first kappa shape index (κ1) is 18.5. The summed E-state index contributed by atoms with van der Waals surface area (Å²) >= 11 is 1.28. The van der Waals surface area contributed by atoms with Crippen LogP contribution in [-0.4, -0.2) is 37.4 Å². The number of para-hydroxylation sites is 2. The van der Waals surface area contributed by atoms with Crippen molar-refractivity contribution in [2.75, 3.05) is 16.4 Å². The van der Waals surface area contributed by atoms with E-state index >= 15 is 0 Å². The highest BCUT2D eigenvalue weighted by molar-refractivity contribution is 7.99. The molecule has 0 bridgehead atoms. The molecular weight excluding hydrogens is 366 g/mol. The highest BCUT2D eigenvalue weighted by atomic mass is 32.2. The second-order valence-electron chi connectivity index (χ2n) is 5.61. The van der Waals surface area contributed by atoms with Crippen LogP contribution in [0.3, 0.4) is 0 Å². The number of hydrogen-bond donors (Lipinski definition) is 3. The lowest BCUT2D eigenvalue weighted by Gasteiger charge is -2.08. The minimum Gasteiger partial charge on any atom is -0.506 e. The summed E-state index contributed by atoms with van der Waals surface area (Å²) in [5, 5.41) is 23.4. The molecule has 0 aliphatic rings. The quantitative estimate of drug-likeness (QED) is 0.446. The van der Waals surface area contributed by atoms with Crippen molar-refractivity contribution in [1.82, 2.24) is 14.8 Å².